The van der Waals surface area contributed by atoms with E-state index < -0.39 is 22.2 Å². The van der Waals surface area contributed by atoms with Crippen molar-refractivity contribution in [3.05, 3.63) is 10.1 Å². The Hall–Kier alpha value is 0.0200. The van der Waals surface area contributed by atoms with Crippen molar-refractivity contribution in [3.8, 4) is 0 Å². The predicted octanol–water partition coefficient (Wildman–Crippen LogP) is 4.19. The number of rotatable bonds is 1. The van der Waals surface area contributed by atoms with Crippen LogP contribution in [0.2, 0.25) is 0 Å². The van der Waals surface area contributed by atoms with Gasteiger partial charge in [-0.15, -0.1) is 23.5 Å². The molecule has 1 heterocycles. The van der Waals surface area contributed by atoms with Crippen molar-refractivity contribution < 1.29 is 26.3 Å². The maximum Gasteiger partial charge on any atom is 0.460 e. The van der Waals surface area contributed by atoms with Crippen LogP contribution in [0.15, 0.2) is 10.1 Å². The maximum atomic E-state index is 12.9. The number of alkyl halides is 5. The Balaban J connectivity index is 2.95. The van der Waals surface area contributed by atoms with E-state index in [1.165, 1.54) is 0 Å². The second-order valence-electron chi connectivity index (χ2n) is 2.72. The van der Waals surface area contributed by atoms with Crippen LogP contribution in [0.25, 0.3) is 0 Å². The van der Waals surface area contributed by atoms with Crippen molar-refractivity contribution in [1.29, 1.82) is 0 Å². The minimum atomic E-state index is -5.87. The normalized spacial score (nSPS) is 19.2. The number of thioether (sulfide) groups is 2. The van der Waals surface area contributed by atoms with Crippen LogP contribution in [0.3, 0.4) is 0 Å². The first-order valence-corrected chi connectivity index (χ1v) is 5.84. The van der Waals surface area contributed by atoms with Crippen LogP contribution >= 0.6 is 23.5 Å². The van der Waals surface area contributed by atoms with Gasteiger partial charge < -0.3 is 0 Å². The summed E-state index contributed by atoms with van der Waals surface area (Å²) in [6.45, 7) is 0. The average molecular weight is 268 g/mol. The lowest BCUT2D eigenvalue weighted by Crippen LogP contribution is -2.37. The zero-order valence-electron chi connectivity index (χ0n) is 7.21. The molecular weight excluding hydrogens is 262 g/mol. The largest absolute Gasteiger partial charge is 0.460 e. The molecular formula is C7H6F6S2. The van der Waals surface area contributed by atoms with Gasteiger partial charge in [0.15, 0.2) is 5.83 Å². The van der Waals surface area contributed by atoms with Crippen molar-refractivity contribution in [2.24, 2.45) is 0 Å². The van der Waals surface area contributed by atoms with E-state index in [2.05, 4.69) is 0 Å². The molecule has 8 heteroatoms. The van der Waals surface area contributed by atoms with Crippen LogP contribution in [-0.4, -0.2) is 23.6 Å². The first kappa shape index (κ1) is 13.1. The molecule has 0 amide bonds. The summed E-state index contributed by atoms with van der Waals surface area (Å²) in [6, 6.07) is 0. The molecule has 0 aromatic carbocycles. The van der Waals surface area contributed by atoms with E-state index in [1.807, 2.05) is 0 Å². The second-order valence-corrected chi connectivity index (χ2v) is 5.19. The monoisotopic (exact) mass is 268 g/mol. The molecule has 0 unspecified atom stereocenters. The van der Waals surface area contributed by atoms with Crippen LogP contribution in [0, 0.1) is 0 Å². The van der Waals surface area contributed by atoms with E-state index in [9.17, 15) is 26.3 Å². The second kappa shape index (κ2) is 4.48. The van der Waals surface area contributed by atoms with Gasteiger partial charge in [0, 0.05) is 0 Å². The summed E-state index contributed by atoms with van der Waals surface area (Å²) >= 11 is 1.40. The third-order valence-electron chi connectivity index (χ3n) is 1.57. The van der Waals surface area contributed by atoms with Gasteiger partial charge in [-0.3, -0.25) is 0 Å². The van der Waals surface area contributed by atoms with Crippen LogP contribution in [-0.2, 0) is 0 Å². The van der Waals surface area contributed by atoms with Crippen LogP contribution in [0.5, 0.6) is 0 Å². The van der Waals surface area contributed by atoms with Crippen molar-refractivity contribution in [2.75, 3.05) is 11.5 Å². The van der Waals surface area contributed by atoms with Gasteiger partial charge in [0.25, 0.3) is 0 Å². The third-order valence-corrected chi connectivity index (χ3v) is 4.14. The Bertz CT molecular complexity index is 261. The molecule has 1 aliphatic rings. The molecule has 1 saturated heterocycles. The third kappa shape index (κ3) is 2.77. The van der Waals surface area contributed by atoms with Gasteiger partial charge in [0.1, 0.15) is 0 Å². The topological polar surface area (TPSA) is 0 Å². The molecule has 0 aromatic rings. The first-order valence-electron chi connectivity index (χ1n) is 3.87. The summed E-state index contributed by atoms with van der Waals surface area (Å²) in [5.74, 6) is -7.02. The summed E-state index contributed by atoms with van der Waals surface area (Å²) in [5.41, 5.74) is 0. The molecule has 1 fully saturated rings. The molecule has 0 saturated carbocycles. The van der Waals surface area contributed by atoms with Crippen LogP contribution in [0.4, 0.5) is 26.3 Å². The lowest BCUT2D eigenvalue weighted by molar-refractivity contribution is -0.270. The average Bonchev–Trinajstić information content (AvgIpc) is 2.16. The molecule has 1 aliphatic heterocycles. The highest BCUT2D eigenvalue weighted by Crippen LogP contribution is 2.48. The van der Waals surface area contributed by atoms with E-state index in [-0.39, 0.29) is 0 Å². The van der Waals surface area contributed by atoms with Gasteiger partial charge in [0.2, 0.25) is 0 Å². The number of halogens is 6. The Labute approximate surface area is 90.5 Å². The fourth-order valence-electron chi connectivity index (χ4n) is 0.810. The molecule has 0 nitrogen and oxygen atoms in total. The SMILES string of the molecule is FC(=C1SCCCS1)C(F)(F)C(F)(F)F. The summed E-state index contributed by atoms with van der Waals surface area (Å²) in [4.78, 5) is 0. The summed E-state index contributed by atoms with van der Waals surface area (Å²) in [6.07, 6.45) is -5.20. The Morgan fingerprint density at radius 1 is 1.00 bits per heavy atom. The predicted molar refractivity (Wildman–Crippen MR) is 48.7 cm³/mol. The number of hydrogen-bond acceptors (Lipinski definition) is 2. The fraction of sp³-hybridized carbons (Fsp3) is 0.714. The first-order chi connectivity index (χ1) is 6.77. The zero-order valence-corrected chi connectivity index (χ0v) is 8.84. The van der Waals surface area contributed by atoms with E-state index >= 15 is 0 Å². The molecule has 0 bridgehead atoms. The summed E-state index contributed by atoms with van der Waals surface area (Å²) in [7, 11) is 0. The Kier molecular flexibility index (Phi) is 3.91. The van der Waals surface area contributed by atoms with Crippen molar-refractivity contribution in [1.82, 2.24) is 0 Å². The molecule has 15 heavy (non-hydrogen) atoms. The molecule has 0 aliphatic carbocycles. The molecule has 1 rings (SSSR count). The molecule has 0 spiro atoms. The Morgan fingerprint density at radius 3 is 1.87 bits per heavy atom. The minimum absolute atomic E-state index is 0.365. The number of hydrogen-bond donors (Lipinski definition) is 0. The van der Waals surface area contributed by atoms with Gasteiger partial charge in [0.05, 0.1) is 4.24 Å². The molecule has 0 N–H and O–H groups in total. The standard InChI is InChI=1S/C7H6F6S2/c8-4(5-14-2-1-3-15-5)6(9,10)7(11,12)13/h1-3H2. The van der Waals surface area contributed by atoms with Gasteiger partial charge >= 0.3 is 12.1 Å². The highest BCUT2D eigenvalue weighted by atomic mass is 32.2. The minimum Gasteiger partial charge on any atom is -0.203 e. The van der Waals surface area contributed by atoms with Gasteiger partial charge in [-0.1, -0.05) is 0 Å². The summed E-state index contributed by atoms with van der Waals surface area (Å²) < 4.78 is 72.8. The van der Waals surface area contributed by atoms with E-state index in [4.69, 9.17) is 0 Å². The van der Waals surface area contributed by atoms with Gasteiger partial charge in [-0.2, -0.15) is 22.0 Å². The Morgan fingerprint density at radius 2 is 1.47 bits per heavy atom. The fourth-order valence-corrected chi connectivity index (χ4v) is 3.28. The highest BCUT2D eigenvalue weighted by molar-refractivity contribution is 8.22. The molecule has 0 radical (unpaired) electrons. The lowest BCUT2D eigenvalue weighted by Gasteiger charge is -2.21. The van der Waals surface area contributed by atoms with Crippen LogP contribution in [0.1, 0.15) is 6.42 Å². The van der Waals surface area contributed by atoms with Crippen molar-refractivity contribution >= 4 is 23.5 Å². The van der Waals surface area contributed by atoms with Crippen molar-refractivity contribution in [2.45, 2.75) is 18.5 Å². The van der Waals surface area contributed by atoms with E-state index in [1.54, 1.807) is 0 Å². The van der Waals surface area contributed by atoms with Crippen molar-refractivity contribution in [3.63, 3.8) is 0 Å². The zero-order chi connectivity index (χ0) is 11.7. The smallest absolute Gasteiger partial charge is 0.203 e. The summed E-state index contributed by atoms with van der Waals surface area (Å²) in [5, 5.41) is 0. The van der Waals surface area contributed by atoms with E-state index in [0.29, 0.717) is 41.5 Å². The van der Waals surface area contributed by atoms with Crippen LogP contribution < -0.4 is 0 Å². The molecule has 88 valence electrons. The highest BCUT2D eigenvalue weighted by Gasteiger charge is 2.62. The van der Waals surface area contributed by atoms with E-state index in [0.717, 1.165) is 0 Å². The molecule has 0 aromatic heterocycles. The molecule has 0 atom stereocenters. The van der Waals surface area contributed by atoms with Gasteiger partial charge in [-0.05, 0) is 17.9 Å². The lowest BCUT2D eigenvalue weighted by atomic mass is 10.3. The van der Waals surface area contributed by atoms with Gasteiger partial charge in [-0.25, -0.2) is 4.39 Å². The number of allylic oxidation sites excluding steroid dienone is 1. The maximum absolute atomic E-state index is 12.9. The quantitative estimate of drug-likeness (QED) is 0.654.